The van der Waals surface area contributed by atoms with Gasteiger partial charge < -0.3 is 19.2 Å². The molecule has 0 unspecified atom stereocenters. The Bertz CT molecular complexity index is 991. The zero-order valence-corrected chi connectivity index (χ0v) is 17.8. The highest BCUT2D eigenvalue weighted by molar-refractivity contribution is 5.91. The fraction of sp³-hybridized carbons (Fsp3) is 0.320. The lowest BCUT2D eigenvalue weighted by Crippen LogP contribution is -2.36. The maximum atomic E-state index is 12.6. The Balaban J connectivity index is 1.30. The molecule has 1 N–H and O–H groups in total. The topological polar surface area (TPSA) is 63.9 Å². The Kier molecular flexibility index (Phi) is 7.02. The van der Waals surface area contributed by atoms with Crippen molar-refractivity contribution in [2.45, 2.75) is 26.6 Å². The minimum Gasteiger partial charge on any atom is -0.486 e. The third kappa shape index (κ3) is 5.96. The van der Waals surface area contributed by atoms with Gasteiger partial charge in [0.15, 0.2) is 5.76 Å². The molecule has 2 aromatic carbocycles. The third-order valence-electron chi connectivity index (χ3n) is 5.34. The molecule has 0 aliphatic carbocycles. The second-order valence-corrected chi connectivity index (χ2v) is 7.71. The second-order valence-electron chi connectivity index (χ2n) is 7.71. The molecule has 6 heteroatoms. The van der Waals surface area contributed by atoms with Crippen molar-refractivity contribution in [1.29, 1.82) is 0 Å². The van der Waals surface area contributed by atoms with Gasteiger partial charge in [-0.2, -0.15) is 0 Å². The van der Waals surface area contributed by atoms with Crippen molar-refractivity contribution >= 4 is 5.91 Å². The van der Waals surface area contributed by atoms with Gasteiger partial charge in [-0.3, -0.25) is 9.69 Å². The van der Waals surface area contributed by atoms with Crippen molar-refractivity contribution in [2.75, 3.05) is 26.3 Å². The van der Waals surface area contributed by atoms with Gasteiger partial charge in [0, 0.05) is 26.2 Å². The van der Waals surface area contributed by atoms with Crippen LogP contribution in [0.25, 0.3) is 0 Å². The van der Waals surface area contributed by atoms with Gasteiger partial charge in [-0.15, -0.1) is 0 Å². The number of aryl methyl sites for hydroxylation is 1. The molecule has 0 spiro atoms. The van der Waals surface area contributed by atoms with Crippen LogP contribution in [0.3, 0.4) is 0 Å². The first-order chi connectivity index (χ1) is 15.2. The predicted molar refractivity (Wildman–Crippen MR) is 118 cm³/mol. The molecule has 1 aliphatic rings. The van der Waals surface area contributed by atoms with Gasteiger partial charge in [0.2, 0.25) is 0 Å². The van der Waals surface area contributed by atoms with E-state index in [0.717, 1.165) is 44.2 Å². The Hall–Kier alpha value is -3.09. The number of nitrogens with one attached hydrogen (secondary N) is 1. The van der Waals surface area contributed by atoms with Crippen molar-refractivity contribution in [3.63, 3.8) is 0 Å². The highest BCUT2D eigenvalue weighted by Gasteiger charge is 2.15. The largest absolute Gasteiger partial charge is 0.486 e. The average molecular weight is 421 g/mol. The number of carbonyl (C=O) groups excluding carboxylic acids is 1. The number of carbonyl (C=O) groups is 1. The van der Waals surface area contributed by atoms with Crippen LogP contribution in [-0.2, 0) is 24.4 Å². The van der Waals surface area contributed by atoms with Gasteiger partial charge in [0.1, 0.15) is 18.1 Å². The molecule has 1 amide bonds. The molecule has 0 atom stereocenters. The predicted octanol–water partition coefficient (Wildman–Crippen LogP) is 3.93. The van der Waals surface area contributed by atoms with Crippen molar-refractivity contribution in [3.8, 4) is 5.75 Å². The van der Waals surface area contributed by atoms with Gasteiger partial charge >= 0.3 is 0 Å². The van der Waals surface area contributed by atoms with Crippen LogP contribution in [0.15, 0.2) is 65.1 Å². The van der Waals surface area contributed by atoms with Crippen LogP contribution in [0.1, 0.15) is 33.0 Å². The van der Waals surface area contributed by atoms with Crippen LogP contribution in [-0.4, -0.2) is 37.1 Å². The summed E-state index contributed by atoms with van der Waals surface area (Å²) in [5.41, 5.74) is 3.50. The Morgan fingerprint density at radius 2 is 1.74 bits per heavy atom. The lowest BCUT2D eigenvalue weighted by atomic mass is 10.1. The molecule has 4 rings (SSSR count). The zero-order valence-electron chi connectivity index (χ0n) is 17.8. The summed E-state index contributed by atoms with van der Waals surface area (Å²) < 4.78 is 16.8. The SMILES string of the molecule is Cc1ccc(OCc2ccc(C(=O)NCc3ccccc3CN3CCOCC3)o2)cc1. The molecule has 1 aliphatic heterocycles. The molecular formula is C25H28N2O4. The van der Waals surface area contributed by atoms with Gasteiger partial charge in [0.25, 0.3) is 5.91 Å². The number of hydrogen-bond acceptors (Lipinski definition) is 5. The van der Waals surface area contributed by atoms with E-state index in [2.05, 4.69) is 22.3 Å². The van der Waals surface area contributed by atoms with Crippen LogP contribution < -0.4 is 10.1 Å². The number of benzene rings is 2. The summed E-state index contributed by atoms with van der Waals surface area (Å²) >= 11 is 0. The summed E-state index contributed by atoms with van der Waals surface area (Å²) in [6.07, 6.45) is 0. The number of morpholine rings is 1. The van der Waals surface area contributed by atoms with E-state index in [1.807, 2.05) is 43.3 Å². The molecule has 6 nitrogen and oxygen atoms in total. The number of amides is 1. The molecule has 1 saturated heterocycles. The van der Waals surface area contributed by atoms with Crippen LogP contribution in [0.4, 0.5) is 0 Å². The monoisotopic (exact) mass is 420 g/mol. The maximum Gasteiger partial charge on any atom is 0.287 e. The van der Waals surface area contributed by atoms with Gasteiger partial charge in [-0.05, 0) is 42.3 Å². The van der Waals surface area contributed by atoms with E-state index in [1.54, 1.807) is 12.1 Å². The normalized spacial score (nSPS) is 14.4. The highest BCUT2D eigenvalue weighted by Crippen LogP contribution is 2.16. The van der Waals surface area contributed by atoms with E-state index in [0.29, 0.717) is 12.3 Å². The third-order valence-corrected chi connectivity index (χ3v) is 5.34. The van der Waals surface area contributed by atoms with Crippen molar-refractivity contribution in [3.05, 3.63) is 88.9 Å². The first-order valence-electron chi connectivity index (χ1n) is 10.6. The van der Waals surface area contributed by atoms with E-state index in [4.69, 9.17) is 13.9 Å². The quantitative estimate of drug-likeness (QED) is 0.598. The van der Waals surface area contributed by atoms with Crippen molar-refractivity contribution < 1.29 is 18.7 Å². The zero-order chi connectivity index (χ0) is 21.5. The standard InChI is InChI=1S/C25H28N2O4/c1-19-6-8-22(9-7-19)30-18-23-10-11-24(31-23)25(28)26-16-20-4-2-3-5-21(20)17-27-12-14-29-15-13-27/h2-11H,12-18H2,1H3,(H,26,28). The van der Waals surface area contributed by atoms with E-state index >= 15 is 0 Å². The molecule has 3 aromatic rings. The number of ether oxygens (including phenoxy) is 2. The lowest BCUT2D eigenvalue weighted by Gasteiger charge is -2.27. The van der Waals surface area contributed by atoms with E-state index in [-0.39, 0.29) is 18.3 Å². The molecule has 0 radical (unpaired) electrons. The minimum absolute atomic E-state index is 0.234. The first-order valence-corrected chi connectivity index (χ1v) is 10.6. The molecule has 0 bridgehead atoms. The van der Waals surface area contributed by atoms with E-state index < -0.39 is 0 Å². The van der Waals surface area contributed by atoms with Crippen LogP contribution in [0.2, 0.25) is 0 Å². The Morgan fingerprint density at radius 3 is 2.52 bits per heavy atom. The summed E-state index contributed by atoms with van der Waals surface area (Å²) in [4.78, 5) is 14.9. The molecule has 2 heterocycles. The number of rotatable bonds is 8. The average Bonchev–Trinajstić information content (AvgIpc) is 3.28. The molecule has 162 valence electrons. The summed E-state index contributed by atoms with van der Waals surface area (Å²) in [6.45, 7) is 7.02. The van der Waals surface area contributed by atoms with Crippen molar-refractivity contribution in [2.24, 2.45) is 0 Å². The van der Waals surface area contributed by atoms with E-state index in [1.165, 1.54) is 11.1 Å². The lowest BCUT2D eigenvalue weighted by molar-refractivity contribution is 0.0340. The highest BCUT2D eigenvalue weighted by atomic mass is 16.5. The molecule has 31 heavy (non-hydrogen) atoms. The summed E-state index contributed by atoms with van der Waals surface area (Å²) in [7, 11) is 0. The van der Waals surface area contributed by atoms with E-state index in [9.17, 15) is 4.79 Å². The smallest absolute Gasteiger partial charge is 0.287 e. The van der Waals surface area contributed by atoms with Gasteiger partial charge in [-0.1, -0.05) is 42.0 Å². The number of hydrogen-bond donors (Lipinski definition) is 1. The maximum absolute atomic E-state index is 12.6. The Morgan fingerprint density at radius 1 is 1.00 bits per heavy atom. The number of nitrogens with zero attached hydrogens (tertiary/aromatic N) is 1. The fourth-order valence-corrected chi connectivity index (χ4v) is 3.51. The molecular weight excluding hydrogens is 392 g/mol. The number of furan rings is 1. The van der Waals surface area contributed by atoms with Crippen LogP contribution >= 0.6 is 0 Å². The van der Waals surface area contributed by atoms with Crippen LogP contribution in [0.5, 0.6) is 5.75 Å². The molecule has 1 fully saturated rings. The fourth-order valence-electron chi connectivity index (χ4n) is 3.51. The summed E-state index contributed by atoms with van der Waals surface area (Å²) in [6, 6.07) is 19.5. The van der Waals surface area contributed by atoms with Crippen LogP contribution in [0, 0.1) is 6.92 Å². The summed E-state index contributed by atoms with van der Waals surface area (Å²) in [5, 5.41) is 2.97. The first kappa shape index (κ1) is 21.2. The minimum atomic E-state index is -0.234. The van der Waals surface area contributed by atoms with Crippen molar-refractivity contribution in [1.82, 2.24) is 10.2 Å². The molecule has 0 saturated carbocycles. The van der Waals surface area contributed by atoms with Gasteiger partial charge in [-0.25, -0.2) is 0 Å². The molecule has 1 aromatic heterocycles. The summed E-state index contributed by atoms with van der Waals surface area (Å²) in [5.74, 6) is 1.43. The Labute approximate surface area is 182 Å². The van der Waals surface area contributed by atoms with Gasteiger partial charge in [0.05, 0.1) is 13.2 Å². The second kappa shape index (κ2) is 10.3.